The van der Waals surface area contributed by atoms with E-state index < -0.39 is 5.54 Å². The van der Waals surface area contributed by atoms with E-state index >= 15 is 0 Å². The molecule has 0 bridgehead atoms. The first-order valence-corrected chi connectivity index (χ1v) is 9.97. The zero-order valence-electron chi connectivity index (χ0n) is 17.5. The molecular formula is C22H32N2O4. The van der Waals surface area contributed by atoms with Crippen molar-refractivity contribution in [1.82, 2.24) is 10.6 Å². The van der Waals surface area contributed by atoms with E-state index in [0.29, 0.717) is 30.9 Å². The SMILES string of the molecule is CC(CCNC(=O)c1ccc(C(C)C)cc1)CC(=O)NC1(C)C(=O)COC1C. The van der Waals surface area contributed by atoms with Gasteiger partial charge in [0.1, 0.15) is 12.1 Å². The second-order valence-electron chi connectivity index (χ2n) is 8.26. The van der Waals surface area contributed by atoms with Crippen molar-refractivity contribution >= 4 is 17.6 Å². The molecule has 0 spiro atoms. The highest BCUT2D eigenvalue weighted by Gasteiger charge is 2.46. The van der Waals surface area contributed by atoms with Crippen molar-refractivity contribution in [2.75, 3.05) is 13.2 Å². The lowest BCUT2D eigenvalue weighted by Gasteiger charge is -2.27. The van der Waals surface area contributed by atoms with Crippen molar-refractivity contribution < 1.29 is 19.1 Å². The Morgan fingerprint density at radius 1 is 1.21 bits per heavy atom. The van der Waals surface area contributed by atoms with E-state index in [9.17, 15) is 14.4 Å². The molecule has 3 unspecified atom stereocenters. The minimum absolute atomic E-state index is 0.0394. The molecule has 28 heavy (non-hydrogen) atoms. The number of rotatable bonds is 8. The topological polar surface area (TPSA) is 84.5 Å². The van der Waals surface area contributed by atoms with Gasteiger partial charge in [-0.1, -0.05) is 32.9 Å². The Hall–Kier alpha value is -2.21. The van der Waals surface area contributed by atoms with Gasteiger partial charge in [-0.2, -0.15) is 0 Å². The summed E-state index contributed by atoms with van der Waals surface area (Å²) in [7, 11) is 0. The number of hydrogen-bond donors (Lipinski definition) is 2. The highest BCUT2D eigenvalue weighted by molar-refractivity contribution is 5.95. The molecule has 6 heteroatoms. The van der Waals surface area contributed by atoms with Crippen LogP contribution in [0.15, 0.2) is 24.3 Å². The van der Waals surface area contributed by atoms with E-state index in [2.05, 4.69) is 24.5 Å². The van der Waals surface area contributed by atoms with Gasteiger partial charge in [0, 0.05) is 18.5 Å². The molecule has 1 aliphatic rings. The highest BCUT2D eigenvalue weighted by Crippen LogP contribution is 2.22. The Labute approximate surface area is 167 Å². The molecule has 1 aromatic rings. The fraction of sp³-hybridized carbons (Fsp3) is 0.591. The summed E-state index contributed by atoms with van der Waals surface area (Å²) in [4.78, 5) is 36.5. The summed E-state index contributed by atoms with van der Waals surface area (Å²) in [5.74, 6) is 0.135. The smallest absolute Gasteiger partial charge is 0.251 e. The number of benzene rings is 1. The number of Topliss-reactive ketones (excluding diaryl/α,β-unsaturated/α-hetero) is 1. The van der Waals surface area contributed by atoms with E-state index in [1.54, 1.807) is 13.8 Å². The van der Waals surface area contributed by atoms with Crippen LogP contribution in [0.5, 0.6) is 0 Å². The molecule has 1 aromatic carbocycles. The van der Waals surface area contributed by atoms with Crippen molar-refractivity contribution in [1.29, 1.82) is 0 Å². The van der Waals surface area contributed by atoms with Crippen molar-refractivity contribution in [2.24, 2.45) is 5.92 Å². The van der Waals surface area contributed by atoms with Gasteiger partial charge in [0.25, 0.3) is 5.91 Å². The maximum absolute atomic E-state index is 12.3. The molecule has 0 aliphatic carbocycles. The minimum Gasteiger partial charge on any atom is -0.368 e. The van der Waals surface area contributed by atoms with Crippen LogP contribution >= 0.6 is 0 Å². The Bertz CT molecular complexity index is 714. The average Bonchev–Trinajstić information content (AvgIpc) is 2.88. The third-order valence-corrected chi connectivity index (χ3v) is 5.55. The van der Waals surface area contributed by atoms with Gasteiger partial charge in [0.2, 0.25) is 5.91 Å². The maximum atomic E-state index is 12.3. The molecule has 2 rings (SSSR count). The number of nitrogens with one attached hydrogen (secondary N) is 2. The lowest BCUT2D eigenvalue weighted by Crippen LogP contribution is -2.55. The lowest BCUT2D eigenvalue weighted by atomic mass is 9.92. The zero-order chi connectivity index (χ0) is 20.9. The van der Waals surface area contributed by atoms with E-state index in [0.717, 1.165) is 0 Å². The third-order valence-electron chi connectivity index (χ3n) is 5.55. The molecule has 0 radical (unpaired) electrons. The van der Waals surface area contributed by atoms with Crippen LogP contribution in [0.1, 0.15) is 69.3 Å². The van der Waals surface area contributed by atoms with Gasteiger partial charge in [0.15, 0.2) is 5.78 Å². The average molecular weight is 389 g/mol. The molecule has 2 amide bonds. The van der Waals surface area contributed by atoms with Gasteiger partial charge in [0.05, 0.1) is 6.10 Å². The first kappa shape index (κ1) is 22.1. The summed E-state index contributed by atoms with van der Waals surface area (Å²) in [6.07, 6.45) is 0.648. The monoisotopic (exact) mass is 388 g/mol. The van der Waals surface area contributed by atoms with Gasteiger partial charge >= 0.3 is 0 Å². The number of ether oxygens (including phenoxy) is 1. The van der Waals surface area contributed by atoms with Crippen LogP contribution in [0.4, 0.5) is 0 Å². The summed E-state index contributed by atoms with van der Waals surface area (Å²) < 4.78 is 5.33. The van der Waals surface area contributed by atoms with Gasteiger partial charge in [-0.05, 0) is 49.8 Å². The van der Waals surface area contributed by atoms with E-state index in [-0.39, 0.29) is 36.2 Å². The largest absolute Gasteiger partial charge is 0.368 e. The molecule has 6 nitrogen and oxygen atoms in total. The van der Waals surface area contributed by atoms with Crippen LogP contribution in [0.25, 0.3) is 0 Å². The van der Waals surface area contributed by atoms with E-state index in [4.69, 9.17) is 4.74 Å². The molecule has 0 saturated carbocycles. The predicted octanol–water partition coefficient (Wildman–Crippen LogP) is 2.82. The molecule has 0 aromatic heterocycles. The number of carbonyl (C=O) groups is 3. The van der Waals surface area contributed by atoms with Gasteiger partial charge in [-0.3, -0.25) is 14.4 Å². The Kier molecular flexibility index (Phi) is 7.35. The number of amides is 2. The van der Waals surface area contributed by atoms with Gasteiger partial charge < -0.3 is 15.4 Å². The normalized spacial score (nSPS) is 22.9. The van der Waals surface area contributed by atoms with Crippen LogP contribution in [0.2, 0.25) is 0 Å². The fourth-order valence-electron chi connectivity index (χ4n) is 3.23. The summed E-state index contributed by atoms with van der Waals surface area (Å²) in [6, 6.07) is 7.62. The molecule has 1 heterocycles. The number of carbonyl (C=O) groups excluding carboxylic acids is 3. The predicted molar refractivity (Wildman–Crippen MR) is 108 cm³/mol. The Morgan fingerprint density at radius 3 is 2.39 bits per heavy atom. The van der Waals surface area contributed by atoms with Crippen LogP contribution in [0.3, 0.4) is 0 Å². The van der Waals surface area contributed by atoms with Crippen molar-refractivity contribution in [2.45, 2.75) is 65.0 Å². The summed E-state index contributed by atoms with van der Waals surface area (Å²) >= 11 is 0. The molecule has 154 valence electrons. The molecule has 2 N–H and O–H groups in total. The Morgan fingerprint density at radius 2 is 1.86 bits per heavy atom. The first-order chi connectivity index (χ1) is 13.1. The van der Waals surface area contributed by atoms with Gasteiger partial charge in [-0.25, -0.2) is 0 Å². The Balaban J connectivity index is 1.74. The van der Waals surface area contributed by atoms with Crippen molar-refractivity contribution in [3.05, 3.63) is 35.4 Å². The molecule has 1 aliphatic heterocycles. The first-order valence-electron chi connectivity index (χ1n) is 9.97. The molecular weight excluding hydrogens is 356 g/mol. The fourth-order valence-corrected chi connectivity index (χ4v) is 3.23. The summed E-state index contributed by atoms with van der Waals surface area (Å²) in [5.41, 5.74) is 0.884. The standard InChI is InChI=1S/C22H32N2O4/c1-14(2)17-6-8-18(9-7-17)21(27)23-11-10-15(3)12-20(26)24-22(5)16(4)28-13-19(22)25/h6-9,14-16H,10-13H2,1-5H3,(H,23,27)(H,24,26). The summed E-state index contributed by atoms with van der Waals surface area (Å²) in [6.45, 7) is 10.2. The second-order valence-corrected chi connectivity index (χ2v) is 8.26. The number of ketones is 1. The molecule has 1 fully saturated rings. The second kappa shape index (κ2) is 9.32. The summed E-state index contributed by atoms with van der Waals surface area (Å²) in [5, 5.41) is 5.73. The molecule has 1 saturated heterocycles. The lowest BCUT2D eigenvalue weighted by molar-refractivity contribution is -0.130. The van der Waals surface area contributed by atoms with E-state index in [1.807, 2.05) is 31.2 Å². The minimum atomic E-state index is -0.951. The van der Waals surface area contributed by atoms with Crippen LogP contribution in [0, 0.1) is 5.92 Å². The zero-order valence-corrected chi connectivity index (χ0v) is 17.5. The highest BCUT2D eigenvalue weighted by atomic mass is 16.5. The van der Waals surface area contributed by atoms with Crippen molar-refractivity contribution in [3.63, 3.8) is 0 Å². The van der Waals surface area contributed by atoms with E-state index in [1.165, 1.54) is 5.56 Å². The van der Waals surface area contributed by atoms with Crippen LogP contribution in [-0.2, 0) is 14.3 Å². The third kappa shape index (κ3) is 5.41. The maximum Gasteiger partial charge on any atom is 0.251 e. The van der Waals surface area contributed by atoms with Crippen LogP contribution < -0.4 is 10.6 Å². The van der Waals surface area contributed by atoms with Crippen molar-refractivity contribution in [3.8, 4) is 0 Å². The molecule has 3 atom stereocenters. The number of hydrogen-bond acceptors (Lipinski definition) is 4. The van der Waals surface area contributed by atoms with Crippen LogP contribution in [-0.4, -0.2) is 42.4 Å². The van der Waals surface area contributed by atoms with Gasteiger partial charge in [-0.15, -0.1) is 0 Å². The quantitative estimate of drug-likeness (QED) is 0.717.